The van der Waals surface area contributed by atoms with E-state index < -0.39 is 12.1 Å². The number of hydrogen-bond donors (Lipinski definition) is 1. The van der Waals surface area contributed by atoms with Crippen LogP contribution in [-0.4, -0.2) is 45.7 Å². The van der Waals surface area contributed by atoms with E-state index in [0.29, 0.717) is 11.4 Å². The van der Waals surface area contributed by atoms with E-state index in [9.17, 15) is 9.90 Å². The van der Waals surface area contributed by atoms with Crippen molar-refractivity contribution in [1.82, 2.24) is 14.8 Å². The minimum absolute atomic E-state index is 0.103. The maximum absolute atomic E-state index is 11.9. The number of rotatable bonds is 5. The molecule has 0 spiro atoms. The van der Waals surface area contributed by atoms with Gasteiger partial charge in [-0.25, -0.2) is 9.48 Å². The number of carboxylic acid groups (broad SMARTS) is 1. The Morgan fingerprint density at radius 1 is 1.50 bits per heavy atom. The van der Waals surface area contributed by atoms with Gasteiger partial charge in [-0.05, 0) is 17.5 Å². The van der Waals surface area contributed by atoms with Gasteiger partial charge in [0.15, 0.2) is 5.15 Å². The normalized spacial score (nSPS) is 12.9. The van der Waals surface area contributed by atoms with Crippen molar-refractivity contribution in [2.24, 2.45) is 5.41 Å². The number of methoxy groups -OCH3 is 1. The molecule has 0 fully saturated rings. The van der Waals surface area contributed by atoms with Crippen LogP contribution in [0, 0.1) is 5.41 Å². The number of amides is 1. The van der Waals surface area contributed by atoms with Gasteiger partial charge in [0.05, 0.1) is 30.7 Å². The second-order valence-electron chi connectivity index (χ2n) is 6.45. The standard InChI is InChI=1S/C16H21ClN4O3/c1-16(2,3)13(10-24-4)21(15(22)23)12-9-20(19-14(12)17)11-6-5-7-18-8-11/h5-9,13H,10H2,1-4H3,(H,22,23). The summed E-state index contributed by atoms with van der Waals surface area (Å²) in [5.74, 6) is 0. The second kappa shape index (κ2) is 7.19. The molecule has 0 saturated carbocycles. The quantitative estimate of drug-likeness (QED) is 0.891. The first-order chi connectivity index (χ1) is 11.3. The van der Waals surface area contributed by atoms with Crippen LogP contribution in [0.15, 0.2) is 30.7 Å². The summed E-state index contributed by atoms with van der Waals surface area (Å²) in [5.41, 5.74) is 0.647. The van der Waals surface area contributed by atoms with Crippen LogP contribution in [0.2, 0.25) is 5.15 Å². The van der Waals surface area contributed by atoms with Gasteiger partial charge in [0, 0.05) is 13.3 Å². The molecule has 130 valence electrons. The Morgan fingerprint density at radius 3 is 2.71 bits per heavy atom. The topological polar surface area (TPSA) is 80.5 Å². The van der Waals surface area contributed by atoms with Crippen LogP contribution < -0.4 is 4.90 Å². The van der Waals surface area contributed by atoms with E-state index >= 15 is 0 Å². The zero-order chi connectivity index (χ0) is 17.9. The van der Waals surface area contributed by atoms with Crippen LogP contribution in [0.25, 0.3) is 5.69 Å². The van der Waals surface area contributed by atoms with Crippen molar-refractivity contribution < 1.29 is 14.6 Å². The molecule has 0 aliphatic heterocycles. The summed E-state index contributed by atoms with van der Waals surface area (Å²) in [6.45, 7) is 6.09. The number of anilines is 1. The van der Waals surface area contributed by atoms with E-state index in [0.717, 1.165) is 0 Å². The van der Waals surface area contributed by atoms with E-state index in [1.807, 2.05) is 26.8 Å². The van der Waals surface area contributed by atoms with E-state index in [1.54, 1.807) is 31.8 Å². The number of pyridine rings is 1. The zero-order valence-electron chi connectivity index (χ0n) is 14.1. The van der Waals surface area contributed by atoms with Crippen LogP contribution in [0.3, 0.4) is 0 Å². The van der Waals surface area contributed by atoms with Crippen molar-refractivity contribution >= 4 is 23.4 Å². The molecule has 0 aliphatic carbocycles. The Balaban J connectivity index is 2.49. The van der Waals surface area contributed by atoms with E-state index in [2.05, 4.69) is 10.1 Å². The molecule has 2 aromatic heterocycles. The Kier molecular flexibility index (Phi) is 5.46. The molecule has 0 saturated heterocycles. The summed E-state index contributed by atoms with van der Waals surface area (Å²) < 4.78 is 6.74. The van der Waals surface area contributed by atoms with Crippen LogP contribution in [0.1, 0.15) is 20.8 Å². The molecule has 1 N–H and O–H groups in total. The van der Waals surface area contributed by atoms with Crippen molar-refractivity contribution in [2.75, 3.05) is 18.6 Å². The van der Waals surface area contributed by atoms with Crippen molar-refractivity contribution in [2.45, 2.75) is 26.8 Å². The van der Waals surface area contributed by atoms with Gasteiger partial charge in [-0.1, -0.05) is 32.4 Å². The van der Waals surface area contributed by atoms with Crippen LogP contribution in [0.4, 0.5) is 10.5 Å². The van der Waals surface area contributed by atoms with Crippen molar-refractivity contribution in [3.05, 3.63) is 35.9 Å². The van der Waals surface area contributed by atoms with E-state index in [4.69, 9.17) is 16.3 Å². The lowest BCUT2D eigenvalue weighted by Crippen LogP contribution is -2.49. The van der Waals surface area contributed by atoms with Gasteiger partial charge in [0.1, 0.15) is 5.69 Å². The summed E-state index contributed by atoms with van der Waals surface area (Å²) in [4.78, 5) is 17.2. The number of halogens is 1. The maximum atomic E-state index is 11.9. The molecule has 0 aromatic carbocycles. The lowest BCUT2D eigenvalue weighted by atomic mass is 9.86. The van der Waals surface area contributed by atoms with Crippen LogP contribution in [0.5, 0.6) is 0 Å². The Hall–Kier alpha value is -2.12. The highest BCUT2D eigenvalue weighted by Gasteiger charge is 2.36. The molecule has 1 amide bonds. The Morgan fingerprint density at radius 2 is 2.21 bits per heavy atom. The van der Waals surface area contributed by atoms with Crippen LogP contribution in [-0.2, 0) is 4.74 Å². The number of aromatic nitrogens is 3. The molecule has 0 aliphatic rings. The molecule has 24 heavy (non-hydrogen) atoms. The van der Waals surface area contributed by atoms with Gasteiger partial charge in [0.2, 0.25) is 0 Å². The molecule has 1 atom stereocenters. The fourth-order valence-corrected chi connectivity index (χ4v) is 2.62. The van der Waals surface area contributed by atoms with Gasteiger partial charge in [-0.15, -0.1) is 0 Å². The highest BCUT2D eigenvalue weighted by atomic mass is 35.5. The lowest BCUT2D eigenvalue weighted by Gasteiger charge is -2.37. The fourth-order valence-electron chi connectivity index (χ4n) is 2.40. The number of carbonyl (C=O) groups is 1. The second-order valence-corrected chi connectivity index (χ2v) is 6.81. The van der Waals surface area contributed by atoms with Gasteiger partial charge in [-0.3, -0.25) is 9.88 Å². The number of ether oxygens (including phenoxy) is 1. The lowest BCUT2D eigenvalue weighted by molar-refractivity contribution is 0.123. The first-order valence-corrected chi connectivity index (χ1v) is 7.80. The van der Waals surface area contributed by atoms with Gasteiger partial charge >= 0.3 is 6.09 Å². The SMILES string of the molecule is COCC(N(C(=O)O)c1cn(-c2cccnc2)nc1Cl)C(C)(C)C. The van der Waals surface area contributed by atoms with Gasteiger partial charge in [-0.2, -0.15) is 5.10 Å². The molecule has 2 heterocycles. The summed E-state index contributed by atoms with van der Waals surface area (Å²) in [6.07, 6.45) is 3.74. The first-order valence-electron chi connectivity index (χ1n) is 7.42. The molecule has 7 nitrogen and oxygen atoms in total. The highest BCUT2D eigenvalue weighted by molar-refractivity contribution is 6.32. The largest absolute Gasteiger partial charge is 0.465 e. The average Bonchev–Trinajstić information content (AvgIpc) is 2.88. The third-order valence-electron chi connectivity index (χ3n) is 3.66. The third-order valence-corrected chi connectivity index (χ3v) is 3.93. The predicted octanol–water partition coefficient (Wildman–Crippen LogP) is 3.47. The smallest absolute Gasteiger partial charge is 0.412 e. The molecule has 2 rings (SSSR count). The highest BCUT2D eigenvalue weighted by Crippen LogP contribution is 2.33. The molecule has 1 unspecified atom stereocenters. The summed E-state index contributed by atoms with van der Waals surface area (Å²) >= 11 is 6.23. The molecule has 8 heteroatoms. The Labute approximate surface area is 145 Å². The monoisotopic (exact) mass is 352 g/mol. The molecule has 0 bridgehead atoms. The summed E-state index contributed by atoms with van der Waals surface area (Å²) in [6, 6.07) is 3.15. The van der Waals surface area contributed by atoms with Crippen LogP contribution >= 0.6 is 11.6 Å². The van der Waals surface area contributed by atoms with Gasteiger partial charge in [0.25, 0.3) is 0 Å². The van der Waals surface area contributed by atoms with Crippen molar-refractivity contribution in [3.63, 3.8) is 0 Å². The van der Waals surface area contributed by atoms with E-state index in [-0.39, 0.29) is 17.2 Å². The van der Waals surface area contributed by atoms with E-state index in [1.165, 1.54) is 9.58 Å². The summed E-state index contributed by atoms with van der Waals surface area (Å²) in [7, 11) is 1.54. The van der Waals surface area contributed by atoms with Crippen molar-refractivity contribution in [1.29, 1.82) is 0 Å². The molecule has 2 aromatic rings. The van der Waals surface area contributed by atoms with Gasteiger partial charge < -0.3 is 9.84 Å². The number of hydrogen-bond acceptors (Lipinski definition) is 4. The third kappa shape index (κ3) is 3.85. The van der Waals surface area contributed by atoms with Crippen molar-refractivity contribution in [3.8, 4) is 5.69 Å². The molecular formula is C16H21ClN4O3. The fraction of sp³-hybridized carbons (Fsp3) is 0.438. The first kappa shape index (κ1) is 18.2. The number of nitrogens with zero attached hydrogens (tertiary/aromatic N) is 4. The average molecular weight is 353 g/mol. The predicted molar refractivity (Wildman–Crippen MR) is 92.0 cm³/mol. The maximum Gasteiger partial charge on any atom is 0.412 e. The zero-order valence-corrected chi connectivity index (χ0v) is 14.9. The minimum atomic E-state index is -1.11. The Bertz CT molecular complexity index is 697. The molecular weight excluding hydrogens is 332 g/mol. The minimum Gasteiger partial charge on any atom is -0.465 e. The summed E-state index contributed by atoms with van der Waals surface area (Å²) in [5, 5.41) is 14.1. The molecule has 0 radical (unpaired) electrons.